The zero-order valence-corrected chi connectivity index (χ0v) is 6.92. The summed E-state index contributed by atoms with van der Waals surface area (Å²) in [5.74, 6) is 0.126. The normalized spacial score (nSPS) is 22.8. The molecule has 64 valence electrons. The molecule has 2 heterocycles. The molecule has 1 aliphatic heterocycles. The van der Waals surface area contributed by atoms with E-state index in [1.165, 1.54) is 0 Å². The predicted octanol–water partition coefficient (Wildman–Crippen LogP) is 0.669. The lowest BCUT2D eigenvalue weighted by Gasteiger charge is -2.03. The van der Waals surface area contributed by atoms with Crippen molar-refractivity contribution in [1.29, 1.82) is 0 Å². The molecule has 2 rings (SSSR count). The van der Waals surface area contributed by atoms with Crippen LogP contribution in [0, 0.1) is 6.92 Å². The van der Waals surface area contributed by atoms with Gasteiger partial charge in [0, 0.05) is 12.1 Å². The van der Waals surface area contributed by atoms with Crippen molar-refractivity contribution in [2.75, 3.05) is 0 Å². The Balaban J connectivity index is 2.15. The Morgan fingerprint density at radius 2 is 2.50 bits per heavy atom. The summed E-state index contributed by atoms with van der Waals surface area (Å²) in [4.78, 5) is 10.9. The first-order chi connectivity index (χ1) is 5.75. The fourth-order valence-electron chi connectivity index (χ4n) is 1.45. The Morgan fingerprint density at radius 1 is 1.67 bits per heavy atom. The van der Waals surface area contributed by atoms with Crippen LogP contribution >= 0.6 is 0 Å². The summed E-state index contributed by atoms with van der Waals surface area (Å²) >= 11 is 0. The van der Waals surface area contributed by atoms with Crippen molar-refractivity contribution in [1.82, 2.24) is 15.5 Å². The minimum absolute atomic E-state index is 0.126. The highest BCUT2D eigenvalue weighted by Gasteiger charge is 2.23. The van der Waals surface area contributed by atoms with Crippen LogP contribution in [0.1, 0.15) is 30.3 Å². The van der Waals surface area contributed by atoms with Crippen molar-refractivity contribution in [2.45, 2.75) is 25.8 Å². The van der Waals surface area contributed by atoms with Gasteiger partial charge in [-0.2, -0.15) is 5.10 Å². The molecule has 4 heteroatoms. The van der Waals surface area contributed by atoms with Gasteiger partial charge in [0.1, 0.15) is 0 Å². The lowest BCUT2D eigenvalue weighted by atomic mass is 10.1. The second kappa shape index (κ2) is 2.62. The minimum Gasteiger partial charge on any atom is -0.348 e. The Bertz CT molecular complexity index is 305. The highest BCUT2D eigenvalue weighted by Crippen LogP contribution is 2.21. The highest BCUT2D eigenvalue weighted by molar-refractivity contribution is 5.78. The van der Waals surface area contributed by atoms with Crippen LogP contribution in [-0.4, -0.2) is 16.1 Å². The number of aromatic nitrogens is 2. The third-order valence-electron chi connectivity index (χ3n) is 2.08. The van der Waals surface area contributed by atoms with Crippen LogP contribution in [0.2, 0.25) is 0 Å². The van der Waals surface area contributed by atoms with E-state index in [-0.39, 0.29) is 11.9 Å². The number of aromatic amines is 1. The van der Waals surface area contributed by atoms with Crippen molar-refractivity contribution in [2.24, 2.45) is 0 Å². The lowest BCUT2D eigenvalue weighted by molar-refractivity contribution is -0.119. The van der Waals surface area contributed by atoms with Crippen LogP contribution in [0.15, 0.2) is 6.07 Å². The molecule has 0 aromatic carbocycles. The van der Waals surface area contributed by atoms with Crippen molar-refractivity contribution in [3.05, 3.63) is 17.5 Å². The van der Waals surface area contributed by atoms with Gasteiger partial charge in [0.05, 0.1) is 11.7 Å². The van der Waals surface area contributed by atoms with Crippen LogP contribution in [0.25, 0.3) is 0 Å². The first kappa shape index (κ1) is 7.34. The molecule has 0 aliphatic carbocycles. The first-order valence-electron chi connectivity index (χ1n) is 4.07. The highest BCUT2D eigenvalue weighted by atomic mass is 16.1. The van der Waals surface area contributed by atoms with Gasteiger partial charge in [0.15, 0.2) is 0 Å². The monoisotopic (exact) mass is 165 g/mol. The maximum Gasteiger partial charge on any atom is 0.220 e. The average Bonchev–Trinajstić information content (AvgIpc) is 2.58. The number of hydrogen-bond acceptors (Lipinski definition) is 2. The van der Waals surface area contributed by atoms with Crippen LogP contribution in [0.5, 0.6) is 0 Å². The topological polar surface area (TPSA) is 57.8 Å². The second-order valence-electron chi connectivity index (χ2n) is 3.13. The molecule has 12 heavy (non-hydrogen) atoms. The van der Waals surface area contributed by atoms with Gasteiger partial charge in [-0.3, -0.25) is 9.89 Å². The molecule has 1 amide bonds. The van der Waals surface area contributed by atoms with Crippen molar-refractivity contribution in [3.8, 4) is 0 Å². The molecule has 4 nitrogen and oxygen atoms in total. The number of rotatable bonds is 1. The largest absolute Gasteiger partial charge is 0.348 e. The number of H-pyrrole nitrogens is 1. The van der Waals surface area contributed by atoms with E-state index in [0.717, 1.165) is 17.8 Å². The fourth-order valence-corrected chi connectivity index (χ4v) is 1.45. The van der Waals surface area contributed by atoms with Gasteiger partial charge in [-0.05, 0) is 19.4 Å². The van der Waals surface area contributed by atoms with Gasteiger partial charge in [0.25, 0.3) is 0 Å². The standard InChI is InChI=1S/C8H11N3O/c1-5-4-7(11-10-5)6-2-3-8(12)9-6/h4,6H,2-3H2,1H3,(H,9,12)(H,10,11). The van der Waals surface area contributed by atoms with E-state index in [2.05, 4.69) is 15.5 Å². The van der Waals surface area contributed by atoms with Gasteiger partial charge >= 0.3 is 0 Å². The molecule has 1 unspecified atom stereocenters. The van der Waals surface area contributed by atoms with E-state index >= 15 is 0 Å². The summed E-state index contributed by atoms with van der Waals surface area (Å²) < 4.78 is 0. The Morgan fingerprint density at radius 3 is 3.00 bits per heavy atom. The molecular formula is C8H11N3O. The number of nitrogens with one attached hydrogen (secondary N) is 2. The minimum atomic E-state index is 0.126. The summed E-state index contributed by atoms with van der Waals surface area (Å²) in [6, 6.07) is 2.10. The maximum atomic E-state index is 10.9. The van der Waals surface area contributed by atoms with Crippen LogP contribution < -0.4 is 5.32 Å². The van der Waals surface area contributed by atoms with Crippen LogP contribution in [0.3, 0.4) is 0 Å². The summed E-state index contributed by atoms with van der Waals surface area (Å²) in [6.07, 6.45) is 1.49. The van der Waals surface area contributed by atoms with E-state index < -0.39 is 0 Å². The number of amides is 1. The van der Waals surface area contributed by atoms with Gasteiger partial charge in [-0.15, -0.1) is 0 Å². The van der Waals surface area contributed by atoms with E-state index in [1.54, 1.807) is 0 Å². The van der Waals surface area contributed by atoms with Crippen LogP contribution in [0.4, 0.5) is 0 Å². The molecule has 0 radical (unpaired) electrons. The molecule has 0 saturated carbocycles. The van der Waals surface area contributed by atoms with Gasteiger partial charge in [-0.1, -0.05) is 0 Å². The van der Waals surface area contributed by atoms with Gasteiger partial charge in [0.2, 0.25) is 5.91 Å². The SMILES string of the molecule is Cc1cc(C2CCC(=O)N2)n[nH]1. The fraction of sp³-hybridized carbons (Fsp3) is 0.500. The third kappa shape index (κ3) is 1.20. The average molecular weight is 165 g/mol. The summed E-state index contributed by atoms with van der Waals surface area (Å²) in [5, 5.41) is 9.81. The molecule has 1 atom stereocenters. The molecule has 1 saturated heterocycles. The van der Waals surface area contributed by atoms with E-state index in [4.69, 9.17) is 0 Å². The maximum absolute atomic E-state index is 10.9. The van der Waals surface area contributed by atoms with E-state index in [1.807, 2.05) is 13.0 Å². The summed E-state index contributed by atoms with van der Waals surface area (Å²) in [5.41, 5.74) is 1.98. The molecule has 1 fully saturated rings. The number of carbonyl (C=O) groups is 1. The van der Waals surface area contributed by atoms with E-state index in [9.17, 15) is 4.79 Å². The quantitative estimate of drug-likeness (QED) is 0.642. The predicted molar refractivity (Wildman–Crippen MR) is 43.4 cm³/mol. The number of carbonyl (C=O) groups excluding carboxylic acids is 1. The van der Waals surface area contributed by atoms with Crippen LogP contribution in [-0.2, 0) is 4.79 Å². The number of nitrogens with zero attached hydrogens (tertiary/aromatic N) is 1. The Kier molecular flexibility index (Phi) is 1.60. The molecule has 1 aromatic heterocycles. The molecule has 0 spiro atoms. The molecule has 1 aliphatic rings. The summed E-state index contributed by atoms with van der Waals surface area (Å²) in [7, 11) is 0. The molecular weight excluding hydrogens is 154 g/mol. The zero-order chi connectivity index (χ0) is 8.55. The molecule has 1 aromatic rings. The van der Waals surface area contributed by atoms with Gasteiger partial charge < -0.3 is 5.32 Å². The third-order valence-corrected chi connectivity index (χ3v) is 2.08. The molecule has 2 N–H and O–H groups in total. The van der Waals surface area contributed by atoms with E-state index in [0.29, 0.717) is 6.42 Å². The Hall–Kier alpha value is -1.32. The smallest absolute Gasteiger partial charge is 0.220 e. The van der Waals surface area contributed by atoms with Crippen molar-refractivity contribution < 1.29 is 4.79 Å². The second-order valence-corrected chi connectivity index (χ2v) is 3.13. The Labute approximate surface area is 70.4 Å². The van der Waals surface area contributed by atoms with Crippen molar-refractivity contribution in [3.63, 3.8) is 0 Å². The van der Waals surface area contributed by atoms with Crippen molar-refractivity contribution >= 4 is 5.91 Å². The lowest BCUT2D eigenvalue weighted by Crippen LogP contribution is -2.18. The number of hydrogen-bond donors (Lipinski definition) is 2. The first-order valence-corrected chi connectivity index (χ1v) is 4.07. The van der Waals surface area contributed by atoms with Gasteiger partial charge in [-0.25, -0.2) is 0 Å². The zero-order valence-electron chi connectivity index (χ0n) is 6.92. The number of aryl methyl sites for hydroxylation is 1. The molecule has 0 bridgehead atoms. The summed E-state index contributed by atoms with van der Waals surface area (Å²) in [6.45, 7) is 1.95.